The Kier molecular flexibility index (Phi) is 2.41. The number of hydrogen-bond donors (Lipinski definition) is 1. The second-order valence-corrected chi connectivity index (χ2v) is 4.76. The molecule has 0 atom stereocenters. The summed E-state index contributed by atoms with van der Waals surface area (Å²) in [4.78, 5) is 0.775. The van der Waals surface area contributed by atoms with E-state index in [-0.39, 0.29) is 0 Å². The average Bonchev–Trinajstić information content (AvgIpc) is 2.92. The smallest absolute Gasteiger partial charge is 0.234 e. The molecular formula is C11H11N5OS. The molecule has 3 rings (SSSR count). The van der Waals surface area contributed by atoms with Crippen LogP contribution in [0.1, 0.15) is 5.82 Å². The fourth-order valence-electron chi connectivity index (χ4n) is 1.70. The maximum Gasteiger partial charge on any atom is 0.234 e. The van der Waals surface area contributed by atoms with Gasteiger partial charge in [0.05, 0.1) is 12.8 Å². The van der Waals surface area contributed by atoms with Crippen molar-refractivity contribution < 1.29 is 4.74 Å². The molecule has 2 heterocycles. The first-order chi connectivity index (χ1) is 8.69. The zero-order chi connectivity index (χ0) is 12.7. The molecule has 0 radical (unpaired) electrons. The summed E-state index contributed by atoms with van der Waals surface area (Å²) >= 11 is 1.48. The van der Waals surface area contributed by atoms with Gasteiger partial charge in [0.15, 0.2) is 5.82 Å². The molecule has 0 aliphatic carbocycles. The van der Waals surface area contributed by atoms with Crippen molar-refractivity contribution >= 4 is 22.0 Å². The van der Waals surface area contributed by atoms with Gasteiger partial charge in [-0.3, -0.25) is 0 Å². The molecule has 0 bridgehead atoms. The van der Waals surface area contributed by atoms with Gasteiger partial charge < -0.3 is 10.5 Å². The molecule has 0 unspecified atom stereocenters. The summed E-state index contributed by atoms with van der Waals surface area (Å²) in [5.41, 5.74) is 7.43. The summed E-state index contributed by atoms with van der Waals surface area (Å²) < 4.78 is 6.85. The number of methoxy groups -OCH3 is 1. The number of benzene rings is 1. The van der Waals surface area contributed by atoms with E-state index < -0.39 is 0 Å². The predicted molar refractivity (Wildman–Crippen MR) is 69.8 cm³/mol. The molecule has 6 nitrogen and oxygen atoms in total. The SMILES string of the molecule is COc1ccc(-c2nn3c(C)nnc3s2)cc1N. The van der Waals surface area contributed by atoms with Crippen LogP contribution in [-0.4, -0.2) is 26.9 Å². The van der Waals surface area contributed by atoms with Gasteiger partial charge in [-0.05, 0) is 25.1 Å². The van der Waals surface area contributed by atoms with Crippen LogP contribution in [0.3, 0.4) is 0 Å². The quantitative estimate of drug-likeness (QED) is 0.711. The molecule has 0 spiro atoms. The second-order valence-electron chi connectivity index (χ2n) is 3.81. The summed E-state index contributed by atoms with van der Waals surface area (Å²) in [5.74, 6) is 1.44. The van der Waals surface area contributed by atoms with E-state index in [1.54, 1.807) is 11.6 Å². The molecule has 2 aromatic heterocycles. The summed E-state index contributed by atoms with van der Waals surface area (Å²) in [6, 6.07) is 5.61. The lowest BCUT2D eigenvalue weighted by molar-refractivity contribution is 0.417. The highest BCUT2D eigenvalue weighted by Gasteiger charge is 2.11. The van der Waals surface area contributed by atoms with Crippen LogP contribution in [0.25, 0.3) is 15.5 Å². The number of nitrogen functional groups attached to an aromatic ring is 1. The van der Waals surface area contributed by atoms with E-state index >= 15 is 0 Å². The minimum absolute atomic E-state index is 0.595. The van der Waals surface area contributed by atoms with E-state index in [4.69, 9.17) is 10.5 Å². The number of nitrogens with two attached hydrogens (primary N) is 1. The molecular weight excluding hydrogens is 250 g/mol. The highest BCUT2D eigenvalue weighted by Crippen LogP contribution is 2.30. The van der Waals surface area contributed by atoms with Crippen molar-refractivity contribution in [1.82, 2.24) is 19.8 Å². The third-order valence-corrected chi connectivity index (χ3v) is 3.57. The Morgan fingerprint density at radius 1 is 1.33 bits per heavy atom. The van der Waals surface area contributed by atoms with Gasteiger partial charge in [-0.2, -0.15) is 9.61 Å². The molecule has 7 heteroatoms. The van der Waals surface area contributed by atoms with Crippen molar-refractivity contribution in [3.05, 3.63) is 24.0 Å². The lowest BCUT2D eigenvalue weighted by atomic mass is 10.2. The Labute approximate surface area is 107 Å². The lowest BCUT2D eigenvalue weighted by Gasteiger charge is -2.04. The van der Waals surface area contributed by atoms with Crippen molar-refractivity contribution in [2.45, 2.75) is 6.92 Å². The summed E-state index contributed by atoms with van der Waals surface area (Å²) in [7, 11) is 1.60. The Balaban J connectivity index is 2.10. The van der Waals surface area contributed by atoms with Gasteiger partial charge in [0.1, 0.15) is 10.8 Å². The largest absolute Gasteiger partial charge is 0.495 e. The minimum atomic E-state index is 0.595. The maximum absolute atomic E-state index is 5.89. The zero-order valence-corrected chi connectivity index (χ0v) is 10.7. The third-order valence-electron chi connectivity index (χ3n) is 2.62. The van der Waals surface area contributed by atoms with Gasteiger partial charge in [0, 0.05) is 5.56 Å². The van der Waals surface area contributed by atoms with Crippen LogP contribution in [-0.2, 0) is 0 Å². The lowest BCUT2D eigenvalue weighted by Crippen LogP contribution is -1.93. The van der Waals surface area contributed by atoms with Gasteiger partial charge in [0.25, 0.3) is 0 Å². The minimum Gasteiger partial charge on any atom is -0.495 e. The highest BCUT2D eigenvalue weighted by molar-refractivity contribution is 7.19. The van der Waals surface area contributed by atoms with Crippen molar-refractivity contribution in [3.63, 3.8) is 0 Å². The highest BCUT2D eigenvalue weighted by atomic mass is 32.1. The molecule has 18 heavy (non-hydrogen) atoms. The van der Waals surface area contributed by atoms with E-state index in [0.29, 0.717) is 11.4 Å². The molecule has 0 saturated carbocycles. The first-order valence-electron chi connectivity index (χ1n) is 5.32. The van der Waals surface area contributed by atoms with Crippen LogP contribution in [0.2, 0.25) is 0 Å². The average molecular weight is 261 g/mol. The van der Waals surface area contributed by atoms with Crippen molar-refractivity contribution in [3.8, 4) is 16.3 Å². The summed E-state index contributed by atoms with van der Waals surface area (Å²) in [6.45, 7) is 1.87. The number of aromatic nitrogens is 4. The molecule has 0 amide bonds. The van der Waals surface area contributed by atoms with Crippen LogP contribution in [0, 0.1) is 6.92 Å². The van der Waals surface area contributed by atoms with Gasteiger partial charge in [-0.15, -0.1) is 10.2 Å². The predicted octanol–water partition coefficient (Wildman–Crippen LogP) is 1.75. The standard InChI is InChI=1S/C11H11N5OS/c1-6-13-14-11-16(6)15-10(18-11)7-3-4-9(17-2)8(12)5-7/h3-5H,12H2,1-2H3. The van der Waals surface area contributed by atoms with Crippen LogP contribution < -0.4 is 10.5 Å². The van der Waals surface area contributed by atoms with Gasteiger partial charge in [-0.25, -0.2) is 0 Å². The number of rotatable bonds is 2. The maximum atomic E-state index is 5.89. The molecule has 0 aliphatic rings. The topological polar surface area (TPSA) is 78.3 Å². The summed E-state index contributed by atoms with van der Waals surface area (Å²) in [5, 5.41) is 13.3. The Morgan fingerprint density at radius 3 is 2.83 bits per heavy atom. The van der Waals surface area contributed by atoms with Crippen molar-refractivity contribution in [2.24, 2.45) is 0 Å². The van der Waals surface area contributed by atoms with Crippen molar-refractivity contribution in [1.29, 1.82) is 0 Å². The normalized spacial score (nSPS) is 11.0. The number of aryl methyl sites for hydroxylation is 1. The van der Waals surface area contributed by atoms with Crippen LogP contribution >= 0.6 is 11.3 Å². The summed E-state index contributed by atoms with van der Waals surface area (Å²) in [6.07, 6.45) is 0. The Hall–Kier alpha value is -2.15. The molecule has 0 aliphatic heterocycles. The fraction of sp³-hybridized carbons (Fsp3) is 0.182. The molecule has 1 aromatic carbocycles. The number of fused-ring (bicyclic) bond motifs is 1. The van der Waals surface area contributed by atoms with E-state index in [2.05, 4.69) is 15.3 Å². The fourth-order valence-corrected chi connectivity index (χ4v) is 2.58. The van der Waals surface area contributed by atoms with E-state index in [0.717, 1.165) is 21.4 Å². The van der Waals surface area contributed by atoms with E-state index in [9.17, 15) is 0 Å². The molecule has 3 aromatic rings. The molecule has 0 saturated heterocycles. The number of anilines is 1. The van der Waals surface area contributed by atoms with E-state index in [1.165, 1.54) is 11.3 Å². The first kappa shape index (κ1) is 11.0. The number of nitrogens with zero attached hydrogens (tertiary/aromatic N) is 4. The third kappa shape index (κ3) is 1.60. The van der Waals surface area contributed by atoms with Crippen LogP contribution in [0.4, 0.5) is 5.69 Å². The second kappa shape index (κ2) is 3.95. The number of hydrogen-bond acceptors (Lipinski definition) is 6. The van der Waals surface area contributed by atoms with Gasteiger partial charge in [0.2, 0.25) is 4.96 Å². The van der Waals surface area contributed by atoms with Crippen LogP contribution in [0.5, 0.6) is 5.75 Å². The van der Waals surface area contributed by atoms with Crippen molar-refractivity contribution in [2.75, 3.05) is 12.8 Å². The monoisotopic (exact) mass is 261 g/mol. The molecule has 0 fully saturated rings. The zero-order valence-electron chi connectivity index (χ0n) is 9.91. The van der Waals surface area contributed by atoms with Gasteiger partial charge >= 0.3 is 0 Å². The number of ether oxygens (including phenoxy) is 1. The molecule has 2 N–H and O–H groups in total. The van der Waals surface area contributed by atoms with E-state index in [1.807, 2.05) is 25.1 Å². The van der Waals surface area contributed by atoms with Gasteiger partial charge in [-0.1, -0.05) is 11.3 Å². The first-order valence-corrected chi connectivity index (χ1v) is 6.13. The molecule has 92 valence electrons. The Morgan fingerprint density at radius 2 is 2.17 bits per heavy atom. The van der Waals surface area contributed by atoms with Crippen LogP contribution in [0.15, 0.2) is 18.2 Å². The Bertz CT molecular complexity index is 717.